The molecule has 1 saturated heterocycles. The number of nitrogens with one attached hydrogen (secondary N) is 1. The highest BCUT2D eigenvalue weighted by Crippen LogP contribution is 2.23. The van der Waals surface area contributed by atoms with Gasteiger partial charge in [0.1, 0.15) is 0 Å². The van der Waals surface area contributed by atoms with E-state index in [9.17, 15) is 13.2 Å². The highest BCUT2D eigenvalue weighted by molar-refractivity contribution is 7.89. The third-order valence-electron chi connectivity index (χ3n) is 5.52. The number of piperazine rings is 1. The lowest BCUT2D eigenvalue weighted by Gasteiger charge is -2.31. The zero-order chi connectivity index (χ0) is 24.3. The molecule has 11 heteroatoms. The quantitative estimate of drug-likeness (QED) is 0.566. The van der Waals surface area contributed by atoms with E-state index in [2.05, 4.69) is 20.2 Å². The molecule has 0 aliphatic carbocycles. The Kier molecular flexibility index (Phi) is 6.56. The minimum absolute atomic E-state index is 0.0491. The molecule has 3 aromatic rings. The molecule has 10 nitrogen and oxygen atoms in total. The van der Waals surface area contributed by atoms with Crippen molar-refractivity contribution in [3.05, 3.63) is 66.0 Å². The molecule has 174 valence electrons. The number of anilines is 2. The van der Waals surface area contributed by atoms with E-state index in [0.29, 0.717) is 48.7 Å². The molecule has 1 amide bonds. The molecular formula is C23H23N7O3S. The van der Waals surface area contributed by atoms with Crippen LogP contribution < -0.4 is 11.1 Å². The van der Waals surface area contributed by atoms with Crippen molar-refractivity contribution in [2.24, 2.45) is 0 Å². The predicted molar refractivity (Wildman–Crippen MR) is 127 cm³/mol. The number of benzene rings is 2. The van der Waals surface area contributed by atoms with Gasteiger partial charge in [-0.2, -0.15) is 9.57 Å². The van der Waals surface area contributed by atoms with Crippen LogP contribution in [-0.2, 0) is 10.0 Å². The average Bonchev–Trinajstić information content (AvgIpc) is 2.85. The summed E-state index contributed by atoms with van der Waals surface area (Å²) in [6.45, 7) is 2.26. The summed E-state index contributed by atoms with van der Waals surface area (Å²) in [6.07, 6.45) is 1.42. The van der Waals surface area contributed by atoms with Gasteiger partial charge < -0.3 is 16.0 Å². The zero-order valence-corrected chi connectivity index (χ0v) is 19.3. The van der Waals surface area contributed by atoms with Crippen molar-refractivity contribution in [2.45, 2.75) is 4.90 Å². The molecule has 1 aliphatic heterocycles. The molecule has 0 bridgehead atoms. The number of carbonyl (C=O) groups is 1. The van der Waals surface area contributed by atoms with Gasteiger partial charge in [0.25, 0.3) is 5.91 Å². The van der Waals surface area contributed by atoms with Gasteiger partial charge in [-0.15, -0.1) is 0 Å². The summed E-state index contributed by atoms with van der Waals surface area (Å²) in [5, 5.41) is 11.7. The third kappa shape index (κ3) is 4.89. The fourth-order valence-corrected chi connectivity index (χ4v) is 4.96. The number of nitrogens with zero attached hydrogens (tertiary/aromatic N) is 5. The highest BCUT2D eigenvalue weighted by Gasteiger charge is 2.27. The maximum atomic E-state index is 12.9. The standard InChI is InChI=1S/C23H23N7O3S/c1-29-9-11-30(12-10-29)34(32,33)19-7-5-17(6-8-19)20-15-26-22(25)21(28-20)23(31)27-18-4-2-3-16(13-18)14-24/h2-8,13,15H,9-12H2,1H3,(H2,25,26)(H,27,31). The van der Waals surface area contributed by atoms with Crippen LogP contribution in [0.15, 0.2) is 59.6 Å². The van der Waals surface area contributed by atoms with E-state index in [0.717, 1.165) is 0 Å². The summed E-state index contributed by atoms with van der Waals surface area (Å²) in [4.78, 5) is 23.4. The number of sulfonamides is 1. The van der Waals surface area contributed by atoms with Gasteiger partial charge in [0.2, 0.25) is 10.0 Å². The number of nitriles is 1. The van der Waals surface area contributed by atoms with Crippen molar-refractivity contribution in [1.29, 1.82) is 5.26 Å². The summed E-state index contributed by atoms with van der Waals surface area (Å²) in [5.74, 6) is -0.622. The van der Waals surface area contributed by atoms with E-state index in [1.807, 2.05) is 13.1 Å². The van der Waals surface area contributed by atoms with Gasteiger partial charge in [-0.3, -0.25) is 4.79 Å². The van der Waals surface area contributed by atoms with Gasteiger partial charge in [0.15, 0.2) is 11.5 Å². The number of rotatable bonds is 5. The molecule has 34 heavy (non-hydrogen) atoms. The highest BCUT2D eigenvalue weighted by atomic mass is 32.2. The van der Waals surface area contributed by atoms with E-state index in [1.54, 1.807) is 30.3 Å². The minimum atomic E-state index is -3.59. The molecule has 0 radical (unpaired) electrons. The molecule has 1 fully saturated rings. The maximum absolute atomic E-state index is 12.9. The molecule has 2 heterocycles. The molecule has 0 spiro atoms. The SMILES string of the molecule is CN1CCN(S(=O)(=O)c2ccc(-c3cnc(N)c(C(=O)Nc4cccc(C#N)c4)n3)cc2)CC1. The largest absolute Gasteiger partial charge is 0.382 e. The van der Waals surface area contributed by atoms with Gasteiger partial charge in [0, 0.05) is 37.4 Å². The van der Waals surface area contributed by atoms with Crippen LogP contribution in [0.25, 0.3) is 11.3 Å². The summed E-state index contributed by atoms with van der Waals surface area (Å²) in [5.41, 5.74) is 7.58. The number of nitrogen functional groups attached to an aromatic ring is 1. The number of likely N-dealkylation sites (N-methyl/N-ethyl adjacent to an activating group) is 1. The van der Waals surface area contributed by atoms with E-state index >= 15 is 0 Å². The molecule has 3 N–H and O–H groups in total. The fourth-order valence-electron chi connectivity index (χ4n) is 3.54. The lowest BCUT2D eigenvalue weighted by molar-refractivity contribution is 0.102. The first-order valence-corrected chi connectivity index (χ1v) is 11.9. The van der Waals surface area contributed by atoms with Crippen molar-refractivity contribution < 1.29 is 13.2 Å². The third-order valence-corrected chi connectivity index (χ3v) is 7.43. The van der Waals surface area contributed by atoms with Crippen molar-refractivity contribution in [3.8, 4) is 17.3 Å². The first kappa shape index (κ1) is 23.3. The fraction of sp³-hybridized carbons (Fsp3) is 0.217. The molecule has 1 aliphatic rings. The average molecular weight is 478 g/mol. The zero-order valence-electron chi connectivity index (χ0n) is 18.5. The smallest absolute Gasteiger partial charge is 0.278 e. The van der Waals surface area contributed by atoms with E-state index in [4.69, 9.17) is 11.0 Å². The minimum Gasteiger partial charge on any atom is -0.382 e. The number of hydrogen-bond acceptors (Lipinski definition) is 8. The number of carbonyl (C=O) groups excluding carboxylic acids is 1. The Balaban J connectivity index is 1.55. The van der Waals surface area contributed by atoms with E-state index in [-0.39, 0.29) is 16.4 Å². The molecular weight excluding hydrogens is 454 g/mol. The summed E-state index contributed by atoms with van der Waals surface area (Å²) < 4.78 is 27.4. The van der Waals surface area contributed by atoms with Crippen LogP contribution in [0.1, 0.15) is 16.1 Å². The topological polar surface area (TPSA) is 145 Å². The molecule has 0 atom stereocenters. The van der Waals surface area contributed by atoms with Gasteiger partial charge in [-0.25, -0.2) is 18.4 Å². The predicted octanol–water partition coefficient (Wildman–Crippen LogP) is 1.79. The molecule has 4 rings (SSSR count). The number of aromatic nitrogens is 2. The Morgan fingerprint density at radius 2 is 1.82 bits per heavy atom. The molecule has 0 unspecified atom stereocenters. The van der Waals surface area contributed by atoms with Crippen molar-refractivity contribution in [1.82, 2.24) is 19.2 Å². The lowest BCUT2D eigenvalue weighted by atomic mass is 10.1. The first-order valence-electron chi connectivity index (χ1n) is 10.5. The van der Waals surface area contributed by atoms with Crippen LogP contribution in [0.2, 0.25) is 0 Å². The first-order chi connectivity index (χ1) is 16.3. The van der Waals surface area contributed by atoms with Crippen LogP contribution in [0, 0.1) is 11.3 Å². The van der Waals surface area contributed by atoms with Crippen molar-refractivity contribution in [3.63, 3.8) is 0 Å². The normalized spacial score (nSPS) is 14.9. The summed E-state index contributed by atoms with van der Waals surface area (Å²) in [7, 11) is -1.63. The molecule has 0 saturated carbocycles. The number of hydrogen-bond donors (Lipinski definition) is 2. The Labute approximate surface area is 197 Å². The van der Waals surface area contributed by atoms with Crippen LogP contribution in [0.4, 0.5) is 11.5 Å². The van der Waals surface area contributed by atoms with Crippen LogP contribution in [-0.4, -0.2) is 66.7 Å². The Morgan fingerprint density at radius 1 is 1.12 bits per heavy atom. The lowest BCUT2D eigenvalue weighted by Crippen LogP contribution is -2.46. The maximum Gasteiger partial charge on any atom is 0.278 e. The second-order valence-electron chi connectivity index (χ2n) is 7.87. The van der Waals surface area contributed by atoms with Crippen LogP contribution >= 0.6 is 0 Å². The Morgan fingerprint density at radius 3 is 2.50 bits per heavy atom. The monoisotopic (exact) mass is 477 g/mol. The van der Waals surface area contributed by atoms with Gasteiger partial charge in [-0.1, -0.05) is 18.2 Å². The molecule has 1 aromatic heterocycles. The second-order valence-corrected chi connectivity index (χ2v) is 9.81. The number of amides is 1. The van der Waals surface area contributed by atoms with Crippen molar-refractivity contribution in [2.75, 3.05) is 44.3 Å². The van der Waals surface area contributed by atoms with Gasteiger partial charge >= 0.3 is 0 Å². The van der Waals surface area contributed by atoms with Crippen LogP contribution in [0.5, 0.6) is 0 Å². The van der Waals surface area contributed by atoms with Crippen LogP contribution in [0.3, 0.4) is 0 Å². The molecule has 2 aromatic carbocycles. The van der Waals surface area contributed by atoms with E-state index in [1.165, 1.54) is 28.7 Å². The Hall–Kier alpha value is -3.85. The van der Waals surface area contributed by atoms with E-state index < -0.39 is 15.9 Å². The Bertz CT molecular complexity index is 1360. The summed E-state index contributed by atoms with van der Waals surface area (Å²) in [6, 6.07) is 14.8. The van der Waals surface area contributed by atoms with Gasteiger partial charge in [0.05, 0.1) is 28.4 Å². The van der Waals surface area contributed by atoms with Crippen molar-refractivity contribution >= 4 is 27.4 Å². The summed E-state index contributed by atoms with van der Waals surface area (Å²) >= 11 is 0. The number of nitrogens with two attached hydrogens (primary N) is 1. The van der Waals surface area contributed by atoms with Gasteiger partial charge in [-0.05, 0) is 37.4 Å². The second kappa shape index (κ2) is 9.56.